The summed E-state index contributed by atoms with van der Waals surface area (Å²) in [5.41, 5.74) is 1.26. The van der Waals surface area contributed by atoms with Crippen LogP contribution in [-0.2, 0) is 12.8 Å². The zero-order valence-corrected chi connectivity index (χ0v) is 10.7. The number of aliphatic hydroxyl groups excluding tert-OH is 1. The lowest BCUT2D eigenvalue weighted by Crippen LogP contribution is -2.11. The highest BCUT2D eigenvalue weighted by atomic mass is 16.5. The highest BCUT2D eigenvalue weighted by Gasteiger charge is 2.18. The van der Waals surface area contributed by atoms with Crippen molar-refractivity contribution in [3.05, 3.63) is 47.6 Å². The maximum absolute atomic E-state index is 9.46. The third kappa shape index (κ3) is 3.17. The molecule has 0 aliphatic rings. The molecule has 0 amide bonds. The number of nitrogens with zero attached hydrogens (tertiary/aromatic N) is 2. The van der Waals surface area contributed by atoms with Gasteiger partial charge in [-0.3, -0.25) is 0 Å². The fourth-order valence-electron chi connectivity index (χ4n) is 1.66. The summed E-state index contributed by atoms with van der Waals surface area (Å²) < 4.78 is 5.16. The van der Waals surface area contributed by atoms with Gasteiger partial charge in [0.1, 0.15) is 0 Å². The van der Waals surface area contributed by atoms with Gasteiger partial charge in [-0.1, -0.05) is 42.4 Å². The molecule has 0 fully saturated rings. The molecule has 0 bridgehead atoms. The molecule has 4 nitrogen and oxygen atoms in total. The van der Waals surface area contributed by atoms with Crippen LogP contribution in [0.3, 0.4) is 0 Å². The van der Waals surface area contributed by atoms with E-state index < -0.39 is 6.10 Å². The summed E-state index contributed by atoms with van der Waals surface area (Å²) in [5, 5.41) is 13.4. The maximum Gasteiger partial charge on any atom is 0.232 e. The van der Waals surface area contributed by atoms with Crippen LogP contribution in [-0.4, -0.2) is 21.4 Å². The molecule has 0 spiro atoms. The van der Waals surface area contributed by atoms with Crippen LogP contribution in [0.25, 0.3) is 0 Å². The number of aryl methyl sites for hydroxylation is 2. The van der Waals surface area contributed by atoms with Crippen molar-refractivity contribution in [1.29, 1.82) is 0 Å². The normalized spacial score (nSPS) is 14.4. The Kier molecular flexibility index (Phi) is 4.10. The highest BCUT2D eigenvalue weighted by Crippen LogP contribution is 2.17. The van der Waals surface area contributed by atoms with Crippen molar-refractivity contribution in [2.24, 2.45) is 0 Å². The summed E-state index contributed by atoms with van der Waals surface area (Å²) in [6, 6.07) is 10.2. The SMILES string of the molecule is CC(O)C(C)c1nc(CCc2ccccc2)no1. The predicted molar refractivity (Wildman–Crippen MR) is 68.2 cm³/mol. The molecule has 0 aliphatic carbocycles. The molecule has 0 saturated carbocycles. The van der Waals surface area contributed by atoms with Gasteiger partial charge in [0, 0.05) is 6.42 Å². The molecular weight excluding hydrogens is 228 g/mol. The monoisotopic (exact) mass is 246 g/mol. The van der Waals surface area contributed by atoms with E-state index in [0.29, 0.717) is 11.7 Å². The van der Waals surface area contributed by atoms with Crippen molar-refractivity contribution >= 4 is 0 Å². The third-order valence-corrected chi connectivity index (χ3v) is 3.08. The van der Waals surface area contributed by atoms with E-state index in [0.717, 1.165) is 12.8 Å². The minimum atomic E-state index is -0.479. The van der Waals surface area contributed by atoms with Crippen LogP contribution in [0, 0.1) is 0 Å². The minimum absolute atomic E-state index is 0.122. The number of hydrogen-bond acceptors (Lipinski definition) is 4. The first-order chi connectivity index (χ1) is 8.66. The highest BCUT2D eigenvalue weighted by molar-refractivity contribution is 5.15. The third-order valence-electron chi connectivity index (χ3n) is 3.08. The molecule has 2 atom stereocenters. The molecule has 18 heavy (non-hydrogen) atoms. The van der Waals surface area contributed by atoms with Gasteiger partial charge in [-0.15, -0.1) is 0 Å². The van der Waals surface area contributed by atoms with Crippen molar-refractivity contribution in [3.8, 4) is 0 Å². The van der Waals surface area contributed by atoms with E-state index in [1.54, 1.807) is 6.92 Å². The standard InChI is InChI=1S/C14H18N2O2/c1-10(11(2)17)14-15-13(16-18-14)9-8-12-6-4-3-5-7-12/h3-7,10-11,17H,8-9H2,1-2H3. The van der Waals surface area contributed by atoms with Crippen LogP contribution in [0.2, 0.25) is 0 Å². The Hall–Kier alpha value is -1.68. The Bertz CT molecular complexity index is 480. The molecular formula is C14H18N2O2. The zero-order valence-electron chi connectivity index (χ0n) is 10.7. The largest absolute Gasteiger partial charge is 0.393 e. The molecule has 4 heteroatoms. The lowest BCUT2D eigenvalue weighted by Gasteiger charge is -2.07. The fraction of sp³-hybridized carbons (Fsp3) is 0.429. The van der Waals surface area contributed by atoms with E-state index in [-0.39, 0.29) is 5.92 Å². The molecule has 1 aromatic carbocycles. The van der Waals surface area contributed by atoms with Crippen LogP contribution in [0.1, 0.15) is 37.0 Å². The molecule has 0 saturated heterocycles. The predicted octanol–water partition coefficient (Wildman–Crippen LogP) is 2.34. The summed E-state index contributed by atoms with van der Waals surface area (Å²) >= 11 is 0. The second kappa shape index (κ2) is 5.78. The van der Waals surface area contributed by atoms with E-state index in [4.69, 9.17) is 4.52 Å². The zero-order chi connectivity index (χ0) is 13.0. The van der Waals surface area contributed by atoms with E-state index in [2.05, 4.69) is 22.3 Å². The van der Waals surface area contributed by atoms with Crippen LogP contribution >= 0.6 is 0 Å². The average Bonchev–Trinajstić information content (AvgIpc) is 2.85. The summed E-state index contributed by atoms with van der Waals surface area (Å²) in [6.07, 6.45) is 1.16. The van der Waals surface area contributed by atoms with Gasteiger partial charge in [0.2, 0.25) is 5.89 Å². The van der Waals surface area contributed by atoms with Crippen LogP contribution in [0.5, 0.6) is 0 Å². The Balaban J connectivity index is 1.95. The molecule has 1 heterocycles. The van der Waals surface area contributed by atoms with Gasteiger partial charge in [0.15, 0.2) is 5.82 Å². The quantitative estimate of drug-likeness (QED) is 0.879. The summed E-state index contributed by atoms with van der Waals surface area (Å²) in [4.78, 5) is 4.31. The second-order valence-corrected chi connectivity index (χ2v) is 4.56. The minimum Gasteiger partial charge on any atom is -0.393 e. The van der Waals surface area contributed by atoms with Crippen LogP contribution < -0.4 is 0 Å². The number of hydrogen-bond donors (Lipinski definition) is 1. The van der Waals surface area contributed by atoms with Crippen molar-refractivity contribution in [3.63, 3.8) is 0 Å². The van der Waals surface area contributed by atoms with Gasteiger partial charge in [0.05, 0.1) is 12.0 Å². The number of aromatic nitrogens is 2. The van der Waals surface area contributed by atoms with Crippen LogP contribution in [0.15, 0.2) is 34.9 Å². The summed E-state index contributed by atoms with van der Waals surface area (Å²) in [6.45, 7) is 3.59. The molecule has 96 valence electrons. The topological polar surface area (TPSA) is 59.2 Å². The first kappa shape index (κ1) is 12.8. The van der Waals surface area contributed by atoms with E-state index in [1.165, 1.54) is 5.56 Å². The number of benzene rings is 1. The van der Waals surface area contributed by atoms with Gasteiger partial charge >= 0.3 is 0 Å². The number of aliphatic hydroxyl groups is 1. The molecule has 2 aromatic rings. The van der Waals surface area contributed by atoms with Crippen LogP contribution in [0.4, 0.5) is 0 Å². The van der Waals surface area contributed by atoms with Gasteiger partial charge in [-0.25, -0.2) is 0 Å². The Morgan fingerprint density at radius 2 is 1.89 bits per heavy atom. The van der Waals surface area contributed by atoms with Gasteiger partial charge in [0.25, 0.3) is 0 Å². The van der Waals surface area contributed by atoms with Crippen molar-refractivity contribution in [1.82, 2.24) is 10.1 Å². The molecule has 1 aromatic heterocycles. The van der Waals surface area contributed by atoms with Gasteiger partial charge < -0.3 is 9.63 Å². The first-order valence-electron chi connectivity index (χ1n) is 6.21. The van der Waals surface area contributed by atoms with Crippen molar-refractivity contribution in [2.45, 2.75) is 38.7 Å². The second-order valence-electron chi connectivity index (χ2n) is 4.56. The molecule has 0 aliphatic heterocycles. The van der Waals surface area contributed by atoms with E-state index in [9.17, 15) is 5.11 Å². The Morgan fingerprint density at radius 1 is 1.17 bits per heavy atom. The van der Waals surface area contributed by atoms with Gasteiger partial charge in [-0.05, 0) is 18.9 Å². The Morgan fingerprint density at radius 3 is 2.56 bits per heavy atom. The summed E-state index contributed by atoms with van der Waals surface area (Å²) in [5.74, 6) is 1.08. The van der Waals surface area contributed by atoms with Crippen molar-refractivity contribution in [2.75, 3.05) is 0 Å². The average molecular weight is 246 g/mol. The van der Waals surface area contributed by atoms with Gasteiger partial charge in [-0.2, -0.15) is 4.98 Å². The maximum atomic E-state index is 9.46. The molecule has 2 unspecified atom stereocenters. The lowest BCUT2D eigenvalue weighted by atomic mass is 10.1. The van der Waals surface area contributed by atoms with E-state index in [1.807, 2.05) is 25.1 Å². The lowest BCUT2D eigenvalue weighted by molar-refractivity contribution is 0.151. The smallest absolute Gasteiger partial charge is 0.232 e. The molecule has 1 N–H and O–H groups in total. The first-order valence-corrected chi connectivity index (χ1v) is 6.21. The fourth-order valence-corrected chi connectivity index (χ4v) is 1.66. The summed E-state index contributed by atoms with van der Waals surface area (Å²) in [7, 11) is 0. The van der Waals surface area contributed by atoms with Crippen molar-refractivity contribution < 1.29 is 9.63 Å². The molecule has 0 radical (unpaired) electrons. The van der Waals surface area contributed by atoms with E-state index >= 15 is 0 Å². The Labute approximate surface area is 107 Å². The molecule has 2 rings (SSSR count). The number of rotatable bonds is 5.